The molecule has 1 aromatic carbocycles. The van der Waals surface area contributed by atoms with Crippen LogP contribution >= 0.6 is 24.0 Å². The van der Waals surface area contributed by atoms with E-state index in [-0.39, 0.29) is 29.4 Å². The molecule has 1 fully saturated rings. The van der Waals surface area contributed by atoms with E-state index >= 15 is 0 Å². The van der Waals surface area contributed by atoms with Gasteiger partial charge >= 0.3 is 0 Å². The van der Waals surface area contributed by atoms with Crippen LogP contribution in [0, 0.1) is 5.41 Å². The highest BCUT2D eigenvalue weighted by molar-refractivity contribution is 14.0. The first-order valence-electron chi connectivity index (χ1n) is 8.22. The Morgan fingerprint density at radius 2 is 1.96 bits per heavy atom. The summed E-state index contributed by atoms with van der Waals surface area (Å²) in [6.45, 7) is 7.90. The van der Waals surface area contributed by atoms with Gasteiger partial charge in [0.1, 0.15) is 5.75 Å². The van der Waals surface area contributed by atoms with E-state index in [1.165, 1.54) is 5.56 Å². The Morgan fingerprint density at radius 1 is 1.29 bits per heavy atom. The summed E-state index contributed by atoms with van der Waals surface area (Å²) in [5.74, 6) is 2.25. The van der Waals surface area contributed by atoms with Gasteiger partial charge in [0.15, 0.2) is 5.96 Å². The Kier molecular flexibility index (Phi) is 8.83. The van der Waals surface area contributed by atoms with Crippen molar-refractivity contribution in [2.45, 2.75) is 26.2 Å². The maximum Gasteiger partial charge on any atom is 0.190 e. The lowest BCUT2D eigenvalue weighted by molar-refractivity contribution is -0.0971. The number of halogens is 1. The van der Waals surface area contributed by atoms with Crippen molar-refractivity contribution in [3.05, 3.63) is 29.8 Å². The summed E-state index contributed by atoms with van der Waals surface area (Å²) >= 11 is 0. The number of methoxy groups -OCH3 is 1. The van der Waals surface area contributed by atoms with E-state index in [2.05, 4.69) is 41.6 Å². The van der Waals surface area contributed by atoms with E-state index in [1.54, 1.807) is 7.11 Å². The van der Waals surface area contributed by atoms with Gasteiger partial charge in [-0.15, -0.1) is 24.0 Å². The average Bonchev–Trinajstić information content (AvgIpc) is 2.56. The van der Waals surface area contributed by atoms with Crippen molar-refractivity contribution in [1.82, 2.24) is 10.6 Å². The van der Waals surface area contributed by atoms with Crippen molar-refractivity contribution in [3.8, 4) is 5.75 Å². The number of ether oxygens (including phenoxy) is 2. The second-order valence-electron chi connectivity index (χ2n) is 6.62. The smallest absolute Gasteiger partial charge is 0.190 e. The summed E-state index contributed by atoms with van der Waals surface area (Å²) in [4.78, 5) is 4.28. The third kappa shape index (κ3) is 6.12. The van der Waals surface area contributed by atoms with Crippen molar-refractivity contribution >= 4 is 29.9 Å². The predicted molar refractivity (Wildman–Crippen MR) is 110 cm³/mol. The van der Waals surface area contributed by atoms with Gasteiger partial charge < -0.3 is 20.1 Å². The highest BCUT2D eigenvalue weighted by Gasteiger charge is 2.33. The number of hydrogen-bond donors (Lipinski definition) is 2. The zero-order valence-electron chi connectivity index (χ0n) is 15.1. The number of guanidine groups is 1. The van der Waals surface area contributed by atoms with Crippen LogP contribution in [-0.2, 0) is 4.74 Å². The first kappa shape index (κ1) is 21.0. The molecular formula is C18H30IN3O2. The zero-order valence-corrected chi connectivity index (χ0v) is 17.4. The van der Waals surface area contributed by atoms with Crippen LogP contribution in [0.2, 0.25) is 0 Å². The highest BCUT2D eigenvalue weighted by atomic mass is 127. The van der Waals surface area contributed by atoms with E-state index in [4.69, 9.17) is 9.47 Å². The largest absolute Gasteiger partial charge is 0.497 e. The van der Waals surface area contributed by atoms with Gasteiger partial charge in [0.2, 0.25) is 0 Å². The third-order valence-corrected chi connectivity index (χ3v) is 4.36. The Morgan fingerprint density at radius 3 is 2.46 bits per heavy atom. The van der Waals surface area contributed by atoms with Gasteiger partial charge in [-0.3, -0.25) is 4.99 Å². The van der Waals surface area contributed by atoms with Crippen molar-refractivity contribution in [1.29, 1.82) is 0 Å². The monoisotopic (exact) mass is 447 g/mol. The molecule has 0 aromatic heterocycles. The van der Waals surface area contributed by atoms with Crippen LogP contribution in [0.3, 0.4) is 0 Å². The fourth-order valence-electron chi connectivity index (χ4n) is 2.58. The molecule has 1 unspecified atom stereocenters. The van der Waals surface area contributed by atoms with E-state index in [0.29, 0.717) is 5.92 Å². The normalized spacial score (nSPS) is 17.2. The Bertz CT molecular complexity index is 516. The van der Waals surface area contributed by atoms with Crippen molar-refractivity contribution in [2.24, 2.45) is 10.4 Å². The molecule has 1 atom stereocenters. The van der Waals surface area contributed by atoms with E-state index < -0.39 is 0 Å². The molecule has 5 nitrogen and oxygen atoms in total. The maximum atomic E-state index is 5.27. The second-order valence-corrected chi connectivity index (χ2v) is 6.62. The molecule has 1 saturated heterocycles. The van der Waals surface area contributed by atoms with E-state index in [9.17, 15) is 0 Å². The minimum atomic E-state index is 0. The number of hydrogen-bond acceptors (Lipinski definition) is 3. The lowest BCUT2D eigenvalue weighted by Gasteiger charge is -2.38. The summed E-state index contributed by atoms with van der Waals surface area (Å²) in [5.41, 5.74) is 1.57. The molecule has 0 aliphatic carbocycles. The summed E-state index contributed by atoms with van der Waals surface area (Å²) < 4.78 is 10.5. The molecule has 2 rings (SSSR count). The van der Waals surface area contributed by atoms with E-state index in [0.717, 1.165) is 44.4 Å². The summed E-state index contributed by atoms with van der Waals surface area (Å²) in [5, 5.41) is 6.77. The van der Waals surface area contributed by atoms with Crippen LogP contribution in [-0.4, -0.2) is 46.4 Å². The van der Waals surface area contributed by atoms with Gasteiger partial charge in [0.05, 0.1) is 20.3 Å². The standard InChI is InChI=1S/C18H29N3O2.HI/c1-14(15-5-7-16(22-4)8-6-15)9-10-20-17(19-3)21-11-18(2)12-23-13-18;/h5-8,14H,9-13H2,1-4H3,(H2,19,20,21);1H. The third-order valence-electron chi connectivity index (χ3n) is 4.36. The molecule has 1 heterocycles. The van der Waals surface area contributed by atoms with Crippen LogP contribution in [0.4, 0.5) is 0 Å². The molecule has 0 saturated carbocycles. The molecule has 1 aliphatic heterocycles. The molecule has 0 bridgehead atoms. The fourth-order valence-corrected chi connectivity index (χ4v) is 2.58. The van der Waals surface area contributed by atoms with Gasteiger partial charge in [-0.2, -0.15) is 0 Å². The van der Waals surface area contributed by atoms with Crippen molar-refractivity contribution in [2.75, 3.05) is 40.5 Å². The molecule has 1 aliphatic rings. The minimum absolute atomic E-state index is 0. The average molecular weight is 447 g/mol. The number of benzene rings is 1. The van der Waals surface area contributed by atoms with Gasteiger partial charge in [-0.1, -0.05) is 26.0 Å². The number of rotatable bonds is 7. The van der Waals surface area contributed by atoms with Gasteiger partial charge in [-0.05, 0) is 30.0 Å². The molecule has 2 N–H and O–H groups in total. The molecular weight excluding hydrogens is 417 g/mol. The van der Waals surface area contributed by atoms with Crippen molar-refractivity contribution in [3.63, 3.8) is 0 Å². The van der Waals surface area contributed by atoms with Crippen LogP contribution < -0.4 is 15.4 Å². The quantitative estimate of drug-likeness (QED) is 0.384. The second kappa shape index (κ2) is 10.1. The molecule has 0 radical (unpaired) electrons. The topological polar surface area (TPSA) is 54.9 Å². The molecule has 1 aromatic rings. The number of aliphatic imine (C=N–C) groups is 1. The molecule has 0 amide bonds. The van der Waals surface area contributed by atoms with Gasteiger partial charge in [0, 0.05) is 25.6 Å². The lowest BCUT2D eigenvalue weighted by Crippen LogP contribution is -2.51. The molecule has 6 heteroatoms. The first-order valence-corrected chi connectivity index (χ1v) is 8.22. The molecule has 136 valence electrons. The summed E-state index contributed by atoms with van der Waals surface area (Å²) in [7, 11) is 3.50. The molecule has 0 spiro atoms. The fraction of sp³-hybridized carbons (Fsp3) is 0.611. The van der Waals surface area contributed by atoms with Gasteiger partial charge in [0.25, 0.3) is 0 Å². The van der Waals surface area contributed by atoms with Gasteiger partial charge in [-0.25, -0.2) is 0 Å². The zero-order chi connectivity index (χ0) is 16.7. The Balaban J connectivity index is 0.00000288. The Labute approximate surface area is 162 Å². The maximum absolute atomic E-state index is 5.27. The van der Waals surface area contributed by atoms with Crippen molar-refractivity contribution < 1.29 is 9.47 Å². The first-order chi connectivity index (χ1) is 11.1. The Hall–Kier alpha value is -1.02. The highest BCUT2D eigenvalue weighted by Crippen LogP contribution is 2.25. The summed E-state index contributed by atoms with van der Waals surface area (Å²) in [6, 6.07) is 8.30. The lowest BCUT2D eigenvalue weighted by atomic mass is 9.89. The number of nitrogens with zero attached hydrogens (tertiary/aromatic N) is 1. The molecule has 24 heavy (non-hydrogen) atoms. The summed E-state index contributed by atoms with van der Waals surface area (Å²) in [6.07, 6.45) is 1.05. The van der Waals surface area contributed by atoms with Crippen LogP contribution in [0.5, 0.6) is 5.75 Å². The van der Waals surface area contributed by atoms with Crippen LogP contribution in [0.25, 0.3) is 0 Å². The van der Waals surface area contributed by atoms with Crippen LogP contribution in [0.15, 0.2) is 29.3 Å². The number of nitrogens with one attached hydrogen (secondary N) is 2. The SMILES string of the molecule is CN=C(NCCC(C)c1ccc(OC)cc1)NCC1(C)COC1.I. The predicted octanol–water partition coefficient (Wildman–Crippen LogP) is 3.01. The van der Waals surface area contributed by atoms with E-state index in [1.807, 2.05) is 19.2 Å². The minimum Gasteiger partial charge on any atom is -0.497 e. The van der Waals surface area contributed by atoms with Crippen LogP contribution in [0.1, 0.15) is 31.7 Å².